The van der Waals surface area contributed by atoms with Crippen LogP contribution in [0.2, 0.25) is 0 Å². The first-order valence-electron chi connectivity index (χ1n) is 5.87. The van der Waals surface area contributed by atoms with E-state index in [-0.39, 0.29) is 5.91 Å². The highest BCUT2D eigenvalue weighted by atomic mass is 16.1. The molecule has 0 aromatic carbocycles. The number of unbranched alkanes of at least 4 members (excludes halogenated alkanes) is 1. The number of hydrogen-bond acceptors (Lipinski definition) is 5. The van der Waals surface area contributed by atoms with Gasteiger partial charge < -0.3 is 11.1 Å². The third-order valence-corrected chi connectivity index (χ3v) is 2.64. The van der Waals surface area contributed by atoms with Gasteiger partial charge in [-0.25, -0.2) is 4.98 Å². The van der Waals surface area contributed by atoms with Gasteiger partial charge in [0.25, 0.3) is 0 Å². The highest BCUT2D eigenvalue weighted by molar-refractivity contribution is 5.73. The maximum Gasteiger partial charge on any atom is 0.217 e. The van der Waals surface area contributed by atoms with E-state index in [0.717, 1.165) is 25.2 Å². The molecule has 96 valence electrons. The predicted octanol–water partition coefficient (Wildman–Crippen LogP) is 0.500. The molecular formula is C11H16N6O. The van der Waals surface area contributed by atoms with Crippen LogP contribution in [0, 0.1) is 6.92 Å². The summed E-state index contributed by atoms with van der Waals surface area (Å²) in [4.78, 5) is 14.8. The average Bonchev–Trinajstić information content (AvgIpc) is 2.71. The van der Waals surface area contributed by atoms with E-state index in [4.69, 9.17) is 5.73 Å². The van der Waals surface area contributed by atoms with Crippen LogP contribution < -0.4 is 11.1 Å². The lowest BCUT2D eigenvalue weighted by Gasteiger charge is -2.05. The Morgan fingerprint density at radius 2 is 2.28 bits per heavy atom. The van der Waals surface area contributed by atoms with E-state index in [1.54, 1.807) is 6.20 Å². The summed E-state index contributed by atoms with van der Waals surface area (Å²) in [5, 5.41) is 11.2. The van der Waals surface area contributed by atoms with Gasteiger partial charge in [-0.15, -0.1) is 10.2 Å². The third-order valence-electron chi connectivity index (χ3n) is 2.64. The van der Waals surface area contributed by atoms with E-state index in [0.29, 0.717) is 17.9 Å². The largest absolute Gasteiger partial charge is 0.370 e. The van der Waals surface area contributed by atoms with Crippen molar-refractivity contribution < 1.29 is 4.79 Å². The normalized spacial score (nSPS) is 10.7. The summed E-state index contributed by atoms with van der Waals surface area (Å²) < 4.78 is 1.87. The number of carbonyl (C=O) groups is 1. The van der Waals surface area contributed by atoms with Crippen LogP contribution in [0.25, 0.3) is 5.65 Å². The molecule has 2 aromatic heterocycles. The van der Waals surface area contributed by atoms with Crippen molar-refractivity contribution in [2.45, 2.75) is 26.2 Å². The van der Waals surface area contributed by atoms with Crippen molar-refractivity contribution in [3.8, 4) is 0 Å². The summed E-state index contributed by atoms with van der Waals surface area (Å²) in [5.74, 6) is 1.27. The molecule has 0 radical (unpaired) electrons. The van der Waals surface area contributed by atoms with Gasteiger partial charge in [0, 0.05) is 25.4 Å². The zero-order valence-corrected chi connectivity index (χ0v) is 10.3. The van der Waals surface area contributed by atoms with Crippen molar-refractivity contribution in [2.75, 3.05) is 11.9 Å². The molecule has 2 rings (SSSR count). The van der Waals surface area contributed by atoms with E-state index < -0.39 is 0 Å². The molecule has 0 aliphatic carbocycles. The van der Waals surface area contributed by atoms with E-state index in [9.17, 15) is 4.79 Å². The number of aryl methyl sites for hydroxylation is 1. The molecule has 7 heteroatoms. The summed E-state index contributed by atoms with van der Waals surface area (Å²) >= 11 is 0. The van der Waals surface area contributed by atoms with Gasteiger partial charge in [-0.05, 0) is 19.8 Å². The number of primary amides is 1. The van der Waals surface area contributed by atoms with Gasteiger partial charge in [0.05, 0.1) is 0 Å². The first-order valence-corrected chi connectivity index (χ1v) is 5.87. The van der Waals surface area contributed by atoms with Gasteiger partial charge in [-0.3, -0.25) is 9.20 Å². The van der Waals surface area contributed by atoms with Crippen molar-refractivity contribution in [2.24, 2.45) is 5.73 Å². The molecule has 0 atom stereocenters. The molecule has 0 bridgehead atoms. The van der Waals surface area contributed by atoms with Crippen LogP contribution in [0.3, 0.4) is 0 Å². The van der Waals surface area contributed by atoms with Crippen molar-refractivity contribution >= 4 is 17.4 Å². The minimum atomic E-state index is -0.261. The number of fused-ring (bicyclic) bond motifs is 1. The summed E-state index contributed by atoms with van der Waals surface area (Å²) in [6.07, 6.45) is 5.58. The van der Waals surface area contributed by atoms with E-state index in [1.165, 1.54) is 0 Å². The molecule has 0 saturated heterocycles. The maximum atomic E-state index is 10.6. The number of anilines is 1. The van der Waals surface area contributed by atoms with Crippen LogP contribution in [0.15, 0.2) is 12.4 Å². The number of aromatic nitrogens is 4. The Labute approximate surface area is 104 Å². The number of nitrogens with zero attached hydrogens (tertiary/aromatic N) is 4. The average molecular weight is 248 g/mol. The lowest BCUT2D eigenvalue weighted by Crippen LogP contribution is -2.11. The van der Waals surface area contributed by atoms with E-state index >= 15 is 0 Å². The first kappa shape index (κ1) is 12.3. The molecule has 0 aliphatic rings. The minimum Gasteiger partial charge on any atom is -0.370 e. The van der Waals surface area contributed by atoms with Crippen LogP contribution in [-0.4, -0.2) is 32.0 Å². The van der Waals surface area contributed by atoms with Gasteiger partial charge in [-0.1, -0.05) is 0 Å². The minimum absolute atomic E-state index is 0.261. The first-order chi connectivity index (χ1) is 8.68. The summed E-state index contributed by atoms with van der Waals surface area (Å²) in [6.45, 7) is 2.61. The smallest absolute Gasteiger partial charge is 0.217 e. The van der Waals surface area contributed by atoms with Crippen molar-refractivity contribution in [3.05, 3.63) is 18.2 Å². The van der Waals surface area contributed by atoms with Gasteiger partial charge in [0.15, 0.2) is 5.82 Å². The highest BCUT2D eigenvalue weighted by Gasteiger charge is 2.06. The molecule has 1 amide bonds. The molecule has 18 heavy (non-hydrogen) atoms. The van der Waals surface area contributed by atoms with Gasteiger partial charge in [-0.2, -0.15) is 0 Å². The van der Waals surface area contributed by atoms with E-state index in [1.807, 2.05) is 17.5 Å². The predicted molar refractivity (Wildman–Crippen MR) is 67.1 cm³/mol. The molecule has 0 unspecified atom stereocenters. The topological polar surface area (TPSA) is 98.2 Å². The van der Waals surface area contributed by atoms with Crippen molar-refractivity contribution in [1.29, 1.82) is 0 Å². The number of nitrogens with two attached hydrogens (primary N) is 1. The van der Waals surface area contributed by atoms with E-state index in [2.05, 4.69) is 20.5 Å². The Morgan fingerprint density at radius 1 is 1.44 bits per heavy atom. The number of rotatable bonds is 6. The fourth-order valence-corrected chi connectivity index (χ4v) is 1.70. The van der Waals surface area contributed by atoms with Crippen LogP contribution >= 0.6 is 0 Å². The summed E-state index contributed by atoms with van der Waals surface area (Å²) in [5.41, 5.74) is 5.78. The quantitative estimate of drug-likeness (QED) is 0.725. The zero-order chi connectivity index (χ0) is 13.0. The second-order valence-electron chi connectivity index (χ2n) is 4.07. The second-order valence-corrected chi connectivity index (χ2v) is 4.07. The van der Waals surface area contributed by atoms with Crippen LogP contribution in [0.4, 0.5) is 5.82 Å². The molecule has 0 aliphatic heterocycles. The van der Waals surface area contributed by atoms with Crippen LogP contribution in [0.1, 0.15) is 25.1 Å². The SMILES string of the molecule is Cc1nnc2c(NCCCCC(N)=O)nccn12. The summed E-state index contributed by atoms with van der Waals surface area (Å²) in [6, 6.07) is 0. The lowest BCUT2D eigenvalue weighted by molar-refractivity contribution is -0.118. The second kappa shape index (κ2) is 5.44. The number of nitrogens with one attached hydrogen (secondary N) is 1. The third kappa shape index (κ3) is 2.73. The molecule has 3 N–H and O–H groups in total. The Bertz CT molecular complexity index is 549. The number of amides is 1. The fraction of sp³-hybridized carbons (Fsp3) is 0.455. The van der Waals surface area contributed by atoms with Gasteiger partial charge >= 0.3 is 0 Å². The van der Waals surface area contributed by atoms with Gasteiger partial charge in [0.2, 0.25) is 11.6 Å². The molecule has 2 aromatic rings. The number of carbonyl (C=O) groups excluding carboxylic acids is 1. The molecule has 0 fully saturated rings. The molecule has 7 nitrogen and oxygen atoms in total. The lowest BCUT2D eigenvalue weighted by atomic mass is 10.2. The van der Waals surface area contributed by atoms with Crippen LogP contribution in [-0.2, 0) is 4.79 Å². The van der Waals surface area contributed by atoms with Gasteiger partial charge in [0.1, 0.15) is 5.82 Å². The molecule has 2 heterocycles. The Hall–Kier alpha value is -2.18. The Morgan fingerprint density at radius 3 is 3.06 bits per heavy atom. The highest BCUT2D eigenvalue weighted by Crippen LogP contribution is 2.11. The fourth-order valence-electron chi connectivity index (χ4n) is 1.70. The Kier molecular flexibility index (Phi) is 3.71. The number of hydrogen-bond donors (Lipinski definition) is 2. The zero-order valence-electron chi connectivity index (χ0n) is 10.3. The molecule has 0 spiro atoms. The maximum absolute atomic E-state index is 10.6. The molecular weight excluding hydrogens is 232 g/mol. The summed E-state index contributed by atoms with van der Waals surface area (Å²) in [7, 11) is 0. The van der Waals surface area contributed by atoms with Crippen molar-refractivity contribution in [1.82, 2.24) is 19.6 Å². The molecule has 0 saturated carbocycles. The van der Waals surface area contributed by atoms with Crippen molar-refractivity contribution in [3.63, 3.8) is 0 Å². The van der Waals surface area contributed by atoms with Crippen LogP contribution in [0.5, 0.6) is 0 Å². The standard InChI is InChI=1S/C11H16N6O/c1-8-15-16-11-10(14-6-7-17(8)11)13-5-3-2-4-9(12)18/h6-7H,2-5H2,1H3,(H2,12,18)(H,13,14). The Balaban J connectivity index is 1.93. The monoisotopic (exact) mass is 248 g/mol.